The zero-order valence-corrected chi connectivity index (χ0v) is 18.9. The maximum atomic E-state index is 13.6. The number of aromatic nitrogens is 2. The van der Waals surface area contributed by atoms with Crippen molar-refractivity contribution in [3.05, 3.63) is 88.0 Å². The lowest BCUT2D eigenvalue weighted by molar-refractivity contribution is -0.117. The molecule has 6 nitrogen and oxygen atoms in total. The molecular weight excluding hydrogens is 426 g/mol. The predicted molar refractivity (Wildman–Crippen MR) is 122 cm³/mol. The highest BCUT2D eigenvalue weighted by Gasteiger charge is 2.28. The average Bonchev–Trinajstić information content (AvgIpc) is 3.06. The van der Waals surface area contributed by atoms with Crippen LogP contribution in [0.4, 0.5) is 8.78 Å². The zero-order valence-electron chi connectivity index (χ0n) is 18.9. The number of aliphatic imine (C=N–C) groups is 1. The molecule has 0 atom stereocenters. The monoisotopic (exact) mass is 452 g/mol. The van der Waals surface area contributed by atoms with Crippen molar-refractivity contribution < 1.29 is 18.4 Å². The number of rotatable bonds is 8. The number of pyridine rings is 1. The van der Waals surface area contributed by atoms with E-state index in [-0.39, 0.29) is 18.9 Å². The van der Waals surface area contributed by atoms with Gasteiger partial charge in [-0.05, 0) is 55.0 Å². The van der Waals surface area contributed by atoms with Gasteiger partial charge in [-0.15, -0.1) is 0 Å². The van der Waals surface area contributed by atoms with Crippen LogP contribution in [0.25, 0.3) is 0 Å². The van der Waals surface area contributed by atoms with Gasteiger partial charge in [0.15, 0.2) is 11.6 Å². The van der Waals surface area contributed by atoms with Crippen molar-refractivity contribution in [3.8, 4) is 0 Å². The van der Waals surface area contributed by atoms with E-state index < -0.39 is 23.4 Å². The summed E-state index contributed by atoms with van der Waals surface area (Å²) in [6, 6.07) is 9.07. The Labute approximate surface area is 191 Å². The minimum atomic E-state index is -0.981. The largest absolute Gasteiger partial charge is 0.348 e. The first-order valence-corrected chi connectivity index (χ1v) is 10.6. The number of benzene rings is 1. The molecule has 0 fully saturated rings. The lowest BCUT2D eigenvalue weighted by Crippen LogP contribution is -2.25. The van der Waals surface area contributed by atoms with E-state index >= 15 is 0 Å². The molecule has 0 aliphatic rings. The summed E-state index contributed by atoms with van der Waals surface area (Å²) in [7, 11) is 0. The molecule has 0 aliphatic carbocycles. The van der Waals surface area contributed by atoms with Crippen LogP contribution >= 0.6 is 0 Å². The molecule has 0 aliphatic heterocycles. The summed E-state index contributed by atoms with van der Waals surface area (Å²) in [6.07, 6.45) is 1.63. The molecule has 172 valence electrons. The molecule has 3 rings (SSSR count). The Bertz CT molecular complexity index is 1190. The van der Waals surface area contributed by atoms with Crippen molar-refractivity contribution in [2.75, 3.05) is 0 Å². The van der Waals surface area contributed by atoms with Crippen LogP contribution in [0.2, 0.25) is 0 Å². The van der Waals surface area contributed by atoms with Crippen molar-refractivity contribution in [3.63, 3.8) is 0 Å². The number of hydrogen-bond donors (Lipinski definition) is 1. The van der Waals surface area contributed by atoms with Crippen LogP contribution in [0.5, 0.6) is 0 Å². The van der Waals surface area contributed by atoms with Gasteiger partial charge in [0.2, 0.25) is 5.91 Å². The van der Waals surface area contributed by atoms with Gasteiger partial charge in [0.25, 0.3) is 5.91 Å². The third-order valence-corrected chi connectivity index (χ3v) is 5.45. The highest BCUT2D eigenvalue weighted by molar-refractivity contribution is 5.99. The Morgan fingerprint density at radius 3 is 2.55 bits per heavy atom. The first kappa shape index (κ1) is 24.0. The summed E-state index contributed by atoms with van der Waals surface area (Å²) >= 11 is 0. The van der Waals surface area contributed by atoms with E-state index in [2.05, 4.69) is 22.0 Å². The summed E-state index contributed by atoms with van der Waals surface area (Å²) in [5, 5.41) is 2.78. The summed E-state index contributed by atoms with van der Waals surface area (Å²) in [4.78, 5) is 33.4. The molecule has 2 heterocycles. The van der Waals surface area contributed by atoms with Crippen molar-refractivity contribution in [1.29, 1.82) is 0 Å². The summed E-state index contributed by atoms with van der Waals surface area (Å²) in [6.45, 7) is 9.52. The van der Waals surface area contributed by atoms with Crippen LogP contribution in [-0.2, 0) is 24.3 Å². The number of amides is 2. The third-order valence-electron chi connectivity index (χ3n) is 5.45. The van der Waals surface area contributed by atoms with E-state index in [4.69, 9.17) is 0 Å². The summed E-state index contributed by atoms with van der Waals surface area (Å²) in [5.74, 6) is -2.83. The Hall–Kier alpha value is -3.68. The smallest absolute Gasteiger partial charge is 0.253 e. The Morgan fingerprint density at radius 1 is 1.18 bits per heavy atom. The van der Waals surface area contributed by atoms with Crippen molar-refractivity contribution in [2.45, 2.75) is 46.2 Å². The van der Waals surface area contributed by atoms with Crippen molar-refractivity contribution >= 4 is 18.5 Å². The molecule has 0 unspecified atom stereocenters. The van der Waals surface area contributed by atoms with Gasteiger partial charge in [-0.25, -0.2) is 13.8 Å². The van der Waals surface area contributed by atoms with Gasteiger partial charge in [-0.3, -0.25) is 14.6 Å². The van der Waals surface area contributed by atoms with E-state index in [1.54, 1.807) is 6.20 Å². The number of carbonyl (C=O) groups excluding carboxylic acids is 2. The quantitative estimate of drug-likeness (QED) is 0.517. The minimum absolute atomic E-state index is 0.00509. The molecule has 0 saturated carbocycles. The number of nitrogens with one attached hydrogen (secondary N) is 1. The highest BCUT2D eigenvalue weighted by Crippen LogP contribution is 2.30. The maximum Gasteiger partial charge on any atom is 0.253 e. The summed E-state index contributed by atoms with van der Waals surface area (Å²) in [5.41, 5.74) is 3.70. The summed E-state index contributed by atoms with van der Waals surface area (Å²) < 4.78 is 28.8. The molecule has 0 bridgehead atoms. The molecule has 2 amide bonds. The Balaban J connectivity index is 2.03. The van der Waals surface area contributed by atoms with Crippen molar-refractivity contribution in [2.24, 2.45) is 4.99 Å². The van der Waals surface area contributed by atoms with Gasteiger partial charge >= 0.3 is 0 Å². The van der Waals surface area contributed by atoms with E-state index in [1.165, 1.54) is 6.07 Å². The van der Waals surface area contributed by atoms with Crippen LogP contribution in [0.1, 0.15) is 58.3 Å². The van der Waals surface area contributed by atoms with Gasteiger partial charge < -0.3 is 9.88 Å². The molecule has 1 aromatic carbocycles. The number of nitrogens with zero attached hydrogens (tertiary/aromatic N) is 3. The normalized spacial score (nSPS) is 11.0. The molecule has 0 radical (unpaired) electrons. The van der Waals surface area contributed by atoms with Crippen LogP contribution < -0.4 is 5.32 Å². The highest BCUT2D eigenvalue weighted by atomic mass is 19.2. The molecule has 8 heteroatoms. The average molecular weight is 453 g/mol. The van der Waals surface area contributed by atoms with Crippen LogP contribution in [0.3, 0.4) is 0 Å². The van der Waals surface area contributed by atoms with Gasteiger partial charge in [-0.2, -0.15) is 0 Å². The van der Waals surface area contributed by atoms with Crippen LogP contribution in [-0.4, -0.2) is 28.1 Å². The fourth-order valence-electron chi connectivity index (χ4n) is 3.87. The lowest BCUT2D eigenvalue weighted by atomic mass is 9.99. The maximum absolute atomic E-state index is 13.6. The number of hydrogen-bond acceptors (Lipinski definition) is 3. The molecule has 2 aromatic heterocycles. The predicted octanol–water partition coefficient (Wildman–Crippen LogP) is 4.34. The molecule has 0 saturated heterocycles. The second-order valence-electron chi connectivity index (χ2n) is 8.05. The zero-order chi connectivity index (χ0) is 24.1. The van der Waals surface area contributed by atoms with Crippen LogP contribution in [0.15, 0.2) is 47.6 Å². The van der Waals surface area contributed by atoms with Gasteiger partial charge in [-0.1, -0.05) is 26.0 Å². The standard InChI is InChI=1S/C25H26F2N4O2/c1-15(2)24-23(25(33)30-13-17-8-9-20(26)21(27)11-17)19(12-22(32)28-4)16(3)31(24)14-18-7-5-6-10-29-18/h5-11,15H,4,12-14H2,1-3H3,(H,30,33). The Morgan fingerprint density at radius 2 is 1.94 bits per heavy atom. The molecule has 0 spiro atoms. The minimum Gasteiger partial charge on any atom is -0.348 e. The van der Waals surface area contributed by atoms with Gasteiger partial charge in [0.1, 0.15) is 0 Å². The van der Waals surface area contributed by atoms with Gasteiger partial charge in [0, 0.05) is 24.1 Å². The second-order valence-corrected chi connectivity index (χ2v) is 8.05. The van der Waals surface area contributed by atoms with E-state index in [0.717, 1.165) is 29.2 Å². The molecular formula is C25H26F2N4O2. The van der Waals surface area contributed by atoms with E-state index in [9.17, 15) is 18.4 Å². The molecule has 3 aromatic rings. The van der Waals surface area contributed by atoms with Crippen LogP contribution in [0, 0.1) is 18.6 Å². The Kier molecular flexibility index (Phi) is 7.48. The topological polar surface area (TPSA) is 76.3 Å². The van der Waals surface area contributed by atoms with Crippen molar-refractivity contribution in [1.82, 2.24) is 14.9 Å². The first-order chi connectivity index (χ1) is 15.7. The lowest BCUT2D eigenvalue weighted by Gasteiger charge is -2.16. The fourth-order valence-corrected chi connectivity index (χ4v) is 3.87. The van der Waals surface area contributed by atoms with E-state index in [1.807, 2.05) is 43.5 Å². The molecule has 1 N–H and O–H groups in total. The third kappa shape index (κ3) is 5.39. The van der Waals surface area contributed by atoms with Gasteiger partial charge in [0.05, 0.1) is 24.2 Å². The fraction of sp³-hybridized carbons (Fsp3) is 0.280. The number of carbonyl (C=O) groups is 2. The van der Waals surface area contributed by atoms with E-state index in [0.29, 0.717) is 23.2 Å². The molecule has 33 heavy (non-hydrogen) atoms. The first-order valence-electron chi connectivity index (χ1n) is 10.6. The SMILES string of the molecule is C=NC(=O)Cc1c(C(=O)NCc2ccc(F)c(F)c2)c(C(C)C)n(Cc2ccccn2)c1C. The second kappa shape index (κ2) is 10.3. The number of halogens is 2.